The average Bonchev–Trinajstić information content (AvgIpc) is 2.31. The van der Waals surface area contributed by atoms with E-state index in [-0.39, 0.29) is 0 Å². The molecule has 0 aromatic carbocycles. The van der Waals surface area contributed by atoms with E-state index in [9.17, 15) is 9.90 Å². The Morgan fingerprint density at radius 2 is 2.44 bits per heavy atom. The lowest BCUT2D eigenvalue weighted by molar-refractivity contribution is -0.157. The molecule has 4 nitrogen and oxygen atoms in total. The van der Waals surface area contributed by atoms with E-state index >= 15 is 0 Å². The zero-order valence-corrected chi connectivity index (χ0v) is 9.06. The molecule has 4 heteroatoms. The van der Waals surface area contributed by atoms with E-state index in [0.29, 0.717) is 26.1 Å². The molecular formula is C12H15NO3. The molecule has 0 saturated carbocycles. The van der Waals surface area contributed by atoms with Gasteiger partial charge in [0.25, 0.3) is 0 Å². The van der Waals surface area contributed by atoms with Crippen molar-refractivity contribution in [1.29, 1.82) is 0 Å². The lowest BCUT2D eigenvalue weighted by Gasteiger charge is -2.32. The molecule has 1 aromatic rings. The Morgan fingerprint density at radius 1 is 1.56 bits per heavy atom. The zero-order chi connectivity index (χ0) is 11.4. The van der Waals surface area contributed by atoms with E-state index in [1.807, 2.05) is 18.2 Å². The molecule has 1 saturated heterocycles. The predicted octanol–water partition coefficient (Wildman–Crippen LogP) is 1.51. The van der Waals surface area contributed by atoms with Gasteiger partial charge in [-0.15, -0.1) is 0 Å². The van der Waals surface area contributed by atoms with E-state index in [1.54, 1.807) is 6.20 Å². The standard InChI is InChI=1S/C12H15NO3/c14-11(15)12(5-3-7-16-9-12)8-10-4-1-2-6-13-10/h1-2,4,6H,3,5,7-9H2,(H,14,15). The Bertz CT molecular complexity index is 358. The topological polar surface area (TPSA) is 59.4 Å². The zero-order valence-electron chi connectivity index (χ0n) is 9.06. The third-order valence-electron chi connectivity index (χ3n) is 3.02. The molecule has 1 aromatic heterocycles. The number of ether oxygens (including phenoxy) is 1. The van der Waals surface area contributed by atoms with Gasteiger partial charge in [-0.1, -0.05) is 6.07 Å². The minimum Gasteiger partial charge on any atom is -0.481 e. The minimum atomic E-state index is -0.785. The number of carboxylic acid groups (broad SMARTS) is 1. The number of carboxylic acids is 1. The van der Waals surface area contributed by atoms with Gasteiger partial charge in [-0.25, -0.2) is 0 Å². The number of aromatic nitrogens is 1. The number of rotatable bonds is 3. The highest BCUT2D eigenvalue weighted by atomic mass is 16.5. The highest BCUT2D eigenvalue weighted by Crippen LogP contribution is 2.32. The highest BCUT2D eigenvalue weighted by molar-refractivity contribution is 5.75. The van der Waals surface area contributed by atoms with Gasteiger partial charge in [0.2, 0.25) is 0 Å². The van der Waals surface area contributed by atoms with Gasteiger partial charge in [0.15, 0.2) is 0 Å². The molecule has 1 fully saturated rings. The second-order valence-corrected chi connectivity index (χ2v) is 4.24. The summed E-state index contributed by atoms with van der Waals surface area (Å²) in [4.78, 5) is 15.6. The van der Waals surface area contributed by atoms with Crippen LogP contribution in [0.1, 0.15) is 18.5 Å². The van der Waals surface area contributed by atoms with Crippen LogP contribution >= 0.6 is 0 Å². The van der Waals surface area contributed by atoms with Crippen LogP contribution in [0.25, 0.3) is 0 Å². The van der Waals surface area contributed by atoms with Crippen LogP contribution < -0.4 is 0 Å². The molecule has 0 bridgehead atoms. The third kappa shape index (κ3) is 2.22. The molecule has 0 aliphatic carbocycles. The van der Waals surface area contributed by atoms with Crippen molar-refractivity contribution in [3.05, 3.63) is 30.1 Å². The van der Waals surface area contributed by atoms with Crippen molar-refractivity contribution in [3.63, 3.8) is 0 Å². The molecule has 16 heavy (non-hydrogen) atoms. The van der Waals surface area contributed by atoms with E-state index < -0.39 is 11.4 Å². The summed E-state index contributed by atoms with van der Waals surface area (Å²) in [5, 5.41) is 9.34. The minimum absolute atomic E-state index is 0.291. The highest BCUT2D eigenvalue weighted by Gasteiger charge is 2.40. The van der Waals surface area contributed by atoms with Gasteiger partial charge in [0.1, 0.15) is 0 Å². The quantitative estimate of drug-likeness (QED) is 0.840. The van der Waals surface area contributed by atoms with Crippen molar-refractivity contribution in [2.24, 2.45) is 5.41 Å². The first-order valence-electron chi connectivity index (χ1n) is 5.44. The summed E-state index contributed by atoms with van der Waals surface area (Å²) in [6, 6.07) is 5.56. The number of nitrogens with zero attached hydrogens (tertiary/aromatic N) is 1. The molecule has 1 unspecified atom stereocenters. The lowest BCUT2D eigenvalue weighted by atomic mass is 9.78. The molecule has 1 N–H and O–H groups in total. The van der Waals surface area contributed by atoms with Crippen molar-refractivity contribution >= 4 is 5.97 Å². The maximum absolute atomic E-state index is 11.4. The van der Waals surface area contributed by atoms with Crippen molar-refractivity contribution in [1.82, 2.24) is 4.98 Å². The number of hydrogen-bond donors (Lipinski definition) is 1. The molecule has 0 spiro atoms. The number of aliphatic carboxylic acids is 1. The van der Waals surface area contributed by atoms with Gasteiger partial charge in [-0.2, -0.15) is 0 Å². The van der Waals surface area contributed by atoms with Crippen LogP contribution in [0.5, 0.6) is 0 Å². The fraction of sp³-hybridized carbons (Fsp3) is 0.500. The lowest BCUT2D eigenvalue weighted by Crippen LogP contribution is -2.41. The van der Waals surface area contributed by atoms with Crippen LogP contribution in [-0.4, -0.2) is 29.3 Å². The molecule has 0 amide bonds. The first-order chi connectivity index (χ1) is 7.73. The maximum atomic E-state index is 11.4. The van der Waals surface area contributed by atoms with Gasteiger partial charge in [0.05, 0.1) is 12.0 Å². The fourth-order valence-corrected chi connectivity index (χ4v) is 2.09. The number of hydrogen-bond acceptors (Lipinski definition) is 3. The molecule has 1 aliphatic rings. The summed E-state index contributed by atoms with van der Waals surface area (Å²) in [5.41, 5.74) is 0.0301. The summed E-state index contributed by atoms with van der Waals surface area (Å²) in [7, 11) is 0. The SMILES string of the molecule is O=C(O)C1(Cc2ccccn2)CCCOC1. The molecule has 1 aliphatic heterocycles. The normalized spacial score (nSPS) is 25.2. The first kappa shape index (κ1) is 11.1. The molecule has 0 radical (unpaired) electrons. The molecule has 2 heterocycles. The molecule has 2 rings (SSSR count). The molecule has 1 atom stereocenters. The van der Waals surface area contributed by atoms with Crippen LogP contribution in [0, 0.1) is 5.41 Å². The van der Waals surface area contributed by atoms with Crippen LogP contribution in [-0.2, 0) is 16.0 Å². The first-order valence-corrected chi connectivity index (χ1v) is 5.44. The Balaban J connectivity index is 2.17. The van der Waals surface area contributed by atoms with Crippen molar-refractivity contribution < 1.29 is 14.6 Å². The summed E-state index contributed by atoms with van der Waals surface area (Å²) >= 11 is 0. The maximum Gasteiger partial charge on any atom is 0.312 e. The second-order valence-electron chi connectivity index (χ2n) is 4.24. The van der Waals surface area contributed by atoms with Gasteiger partial charge < -0.3 is 9.84 Å². The summed E-state index contributed by atoms with van der Waals surface area (Å²) in [5.74, 6) is -0.780. The Kier molecular flexibility index (Phi) is 3.19. The van der Waals surface area contributed by atoms with Crippen LogP contribution in [0.15, 0.2) is 24.4 Å². The fourth-order valence-electron chi connectivity index (χ4n) is 2.09. The molecular weight excluding hydrogens is 206 g/mol. The largest absolute Gasteiger partial charge is 0.481 e. The summed E-state index contributed by atoms with van der Waals surface area (Å²) in [6.45, 7) is 0.955. The van der Waals surface area contributed by atoms with Gasteiger partial charge in [-0.05, 0) is 25.0 Å². The van der Waals surface area contributed by atoms with E-state index in [4.69, 9.17) is 4.74 Å². The number of carbonyl (C=O) groups is 1. The van der Waals surface area contributed by atoms with Crippen molar-refractivity contribution in [2.45, 2.75) is 19.3 Å². The van der Waals surface area contributed by atoms with Gasteiger partial charge in [-0.3, -0.25) is 9.78 Å². The Labute approximate surface area is 94.3 Å². The van der Waals surface area contributed by atoms with Gasteiger partial charge in [0, 0.05) is 24.9 Å². The monoisotopic (exact) mass is 221 g/mol. The predicted molar refractivity (Wildman–Crippen MR) is 58.1 cm³/mol. The van der Waals surface area contributed by atoms with Crippen molar-refractivity contribution in [2.75, 3.05) is 13.2 Å². The summed E-state index contributed by atoms with van der Waals surface area (Å²) in [6.07, 6.45) is 3.61. The third-order valence-corrected chi connectivity index (χ3v) is 3.02. The van der Waals surface area contributed by atoms with Crippen molar-refractivity contribution in [3.8, 4) is 0 Å². The van der Waals surface area contributed by atoms with E-state index in [1.165, 1.54) is 0 Å². The van der Waals surface area contributed by atoms with E-state index in [2.05, 4.69) is 4.98 Å². The Hall–Kier alpha value is -1.42. The summed E-state index contributed by atoms with van der Waals surface area (Å²) < 4.78 is 5.31. The van der Waals surface area contributed by atoms with Crippen LogP contribution in [0.4, 0.5) is 0 Å². The van der Waals surface area contributed by atoms with E-state index in [0.717, 1.165) is 12.1 Å². The number of pyridine rings is 1. The average molecular weight is 221 g/mol. The molecule has 86 valence electrons. The van der Waals surface area contributed by atoms with Crippen LogP contribution in [0.3, 0.4) is 0 Å². The van der Waals surface area contributed by atoms with Crippen LogP contribution in [0.2, 0.25) is 0 Å². The smallest absolute Gasteiger partial charge is 0.312 e. The van der Waals surface area contributed by atoms with Gasteiger partial charge >= 0.3 is 5.97 Å². The second kappa shape index (κ2) is 4.61. The Morgan fingerprint density at radius 3 is 3.00 bits per heavy atom.